The Balaban J connectivity index is 1.72. The Hall–Kier alpha value is -3.06. The average molecular weight is 406 g/mol. The van der Waals surface area contributed by atoms with Crippen LogP contribution in [0.2, 0.25) is 0 Å². The Bertz CT molecular complexity index is 1280. The molecule has 7 heteroatoms. The predicted molar refractivity (Wildman–Crippen MR) is 114 cm³/mol. The van der Waals surface area contributed by atoms with Crippen molar-refractivity contribution in [2.45, 2.75) is 37.8 Å². The molecule has 1 aliphatic carbocycles. The quantitative estimate of drug-likeness (QED) is 0.478. The molecule has 5 rings (SSSR count). The number of aromatic nitrogens is 4. The van der Waals surface area contributed by atoms with Crippen LogP contribution in [0.1, 0.15) is 31.7 Å². The minimum absolute atomic E-state index is 0.0194. The molecule has 0 N–H and O–H groups in total. The lowest BCUT2D eigenvalue weighted by atomic mass is 9.92. The van der Waals surface area contributed by atoms with Gasteiger partial charge in [0.15, 0.2) is 0 Å². The first-order valence-electron chi connectivity index (χ1n) is 10.2. The van der Waals surface area contributed by atoms with Crippen LogP contribution in [-0.2, 0) is 11.8 Å². The van der Waals surface area contributed by atoms with Crippen molar-refractivity contribution in [1.82, 2.24) is 19.1 Å². The maximum atomic E-state index is 13.3. The van der Waals surface area contributed by atoms with Crippen LogP contribution in [0.25, 0.3) is 33.1 Å². The first-order chi connectivity index (χ1) is 14.6. The molecular formula is C23H23FN4O2. The number of rotatable bonds is 3. The van der Waals surface area contributed by atoms with Crippen molar-refractivity contribution >= 4 is 21.9 Å². The zero-order valence-electron chi connectivity index (χ0n) is 17.0. The number of fused-ring (bicyclic) bond motifs is 3. The molecule has 4 aromatic rings. The zero-order chi connectivity index (χ0) is 20.8. The summed E-state index contributed by atoms with van der Waals surface area (Å²) >= 11 is 0. The van der Waals surface area contributed by atoms with Gasteiger partial charge in [0.2, 0.25) is 5.95 Å². The normalized spacial score (nSPS) is 19.6. The molecule has 0 spiro atoms. The third-order valence-corrected chi connectivity index (χ3v) is 6.32. The summed E-state index contributed by atoms with van der Waals surface area (Å²) < 4.78 is 22.4. The molecule has 30 heavy (non-hydrogen) atoms. The number of halogens is 1. The first kappa shape index (κ1) is 18.9. The monoisotopic (exact) mass is 406 g/mol. The maximum absolute atomic E-state index is 13.3. The Morgan fingerprint density at radius 2 is 1.80 bits per heavy atom. The molecule has 1 fully saturated rings. The highest BCUT2D eigenvalue weighted by molar-refractivity contribution is 6.04. The van der Waals surface area contributed by atoms with Crippen molar-refractivity contribution in [3.63, 3.8) is 0 Å². The van der Waals surface area contributed by atoms with Gasteiger partial charge in [0.05, 0.1) is 28.9 Å². The van der Waals surface area contributed by atoms with Crippen molar-refractivity contribution in [3.8, 4) is 11.1 Å². The highest BCUT2D eigenvalue weighted by Crippen LogP contribution is 2.34. The standard InChI is InChI=1S/C23H23FN4O2/c1-27-20-13-25-19-9-3-14(15-4-10-21(24)26-12-15)11-18(19)22(20)28(23(27)29)16-5-7-17(30-2)8-6-16/h3-4,9-13,16-17H,5-8H2,1-2H3/t16-,17-. The van der Waals surface area contributed by atoms with Gasteiger partial charge in [-0.15, -0.1) is 0 Å². The molecule has 0 unspecified atom stereocenters. The van der Waals surface area contributed by atoms with Crippen molar-refractivity contribution in [1.29, 1.82) is 0 Å². The summed E-state index contributed by atoms with van der Waals surface area (Å²) in [5.41, 5.74) is 4.26. The van der Waals surface area contributed by atoms with Gasteiger partial charge in [-0.25, -0.2) is 9.78 Å². The number of methoxy groups -OCH3 is 1. The second kappa shape index (κ2) is 7.32. The van der Waals surface area contributed by atoms with Crippen LogP contribution in [0, 0.1) is 5.95 Å². The van der Waals surface area contributed by atoms with Gasteiger partial charge in [-0.1, -0.05) is 6.07 Å². The van der Waals surface area contributed by atoms with Gasteiger partial charge in [0, 0.05) is 37.3 Å². The topological polar surface area (TPSA) is 61.9 Å². The molecule has 0 radical (unpaired) electrons. The van der Waals surface area contributed by atoms with Crippen LogP contribution < -0.4 is 5.69 Å². The second-order valence-electron chi connectivity index (χ2n) is 7.97. The largest absolute Gasteiger partial charge is 0.381 e. The maximum Gasteiger partial charge on any atom is 0.329 e. The van der Waals surface area contributed by atoms with E-state index in [1.54, 1.807) is 31.0 Å². The SMILES string of the molecule is CO[C@H]1CC[C@H](n2c(=O)n(C)c3cnc4ccc(-c5ccc(F)nc5)cc4c32)CC1. The molecular weight excluding hydrogens is 383 g/mol. The van der Waals surface area contributed by atoms with E-state index in [-0.39, 0.29) is 17.8 Å². The van der Waals surface area contributed by atoms with Gasteiger partial charge >= 0.3 is 5.69 Å². The number of ether oxygens (including phenoxy) is 1. The minimum Gasteiger partial charge on any atom is -0.381 e. The number of benzene rings is 1. The van der Waals surface area contributed by atoms with Crippen LogP contribution in [0.3, 0.4) is 0 Å². The number of nitrogens with zero attached hydrogens (tertiary/aromatic N) is 4. The van der Waals surface area contributed by atoms with Crippen LogP contribution in [-0.4, -0.2) is 32.3 Å². The summed E-state index contributed by atoms with van der Waals surface area (Å²) in [6.45, 7) is 0. The minimum atomic E-state index is -0.507. The lowest BCUT2D eigenvalue weighted by Gasteiger charge is -2.28. The molecule has 1 aliphatic rings. The molecule has 1 saturated carbocycles. The van der Waals surface area contributed by atoms with Crippen LogP contribution >= 0.6 is 0 Å². The fourth-order valence-corrected chi connectivity index (χ4v) is 4.63. The van der Waals surface area contributed by atoms with E-state index in [4.69, 9.17) is 4.74 Å². The van der Waals surface area contributed by atoms with Crippen LogP contribution in [0.4, 0.5) is 4.39 Å². The number of hydrogen-bond donors (Lipinski definition) is 0. The molecule has 0 amide bonds. The van der Waals surface area contributed by atoms with Gasteiger partial charge in [-0.3, -0.25) is 14.1 Å². The van der Waals surface area contributed by atoms with Crippen LogP contribution in [0.5, 0.6) is 0 Å². The predicted octanol–water partition coefficient (Wildman–Crippen LogP) is 4.22. The fourth-order valence-electron chi connectivity index (χ4n) is 4.63. The van der Waals surface area contributed by atoms with Crippen LogP contribution in [0.15, 0.2) is 47.5 Å². The second-order valence-corrected chi connectivity index (χ2v) is 7.97. The van der Waals surface area contributed by atoms with E-state index >= 15 is 0 Å². The van der Waals surface area contributed by atoms with Gasteiger partial charge in [-0.2, -0.15) is 4.39 Å². The van der Waals surface area contributed by atoms with E-state index in [0.717, 1.165) is 58.7 Å². The lowest BCUT2D eigenvalue weighted by Crippen LogP contribution is -2.30. The number of pyridine rings is 2. The smallest absolute Gasteiger partial charge is 0.329 e. The van der Waals surface area contributed by atoms with E-state index < -0.39 is 5.95 Å². The molecule has 0 bridgehead atoms. The number of aryl methyl sites for hydroxylation is 1. The number of imidazole rings is 1. The Morgan fingerprint density at radius 1 is 1.03 bits per heavy atom. The highest BCUT2D eigenvalue weighted by Gasteiger charge is 2.26. The van der Waals surface area contributed by atoms with E-state index in [2.05, 4.69) is 9.97 Å². The third-order valence-electron chi connectivity index (χ3n) is 6.32. The van der Waals surface area contributed by atoms with E-state index in [1.807, 2.05) is 22.8 Å². The Kier molecular flexibility index (Phi) is 4.62. The van der Waals surface area contributed by atoms with Crippen molar-refractivity contribution < 1.29 is 9.13 Å². The summed E-state index contributed by atoms with van der Waals surface area (Å²) in [7, 11) is 3.54. The van der Waals surface area contributed by atoms with E-state index in [1.165, 1.54) is 12.3 Å². The van der Waals surface area contributed by atoms with Gasteiger partial charge in [0.25, 0.3) is 0 Å². The summed E-state index contributed by atoms with van der Waals surface area (Å²) in [4.78, 5) is 21.5. The summed E-state index contributed by atoms with van der Waals surface area (Å²) in [6.07, 6.45) is 7.26. The molecule has 3 heterocycles. The van der Waals surface area contributed by atoms with E-state index in [9.17, 15) is 9.18 Å². The molecule has 0 aliphatic heterocycles. The number of hydrogen-bond acceptors (Lipinski definition) is 4. The molecule has 1 aromatic carbocycles. The average Bonchev–Trinajstić information content (AvgIpc) is 3.04. The van der Waals surface area contributed by atoms with Crippen molar-refractivity contribution in [2.75, 3.05) is 7.11 Å². The van der Waals surface area contributed by atoms with Gasteiger partial charge in [-0.05, 0) is 55.5 Å². The molecule has 3 aromatic heterocycles. The zero-order valence-corrected chi connectivity index (χ0v) is 17.0. The van der Waals surface area contributed by atoms with Crippen molar-refractivity contribution in [2.24, 2.45) is 7.05 Å². The fraction of sp³-hybridized carbons (Fsp3) is 0.348. The Labute approximate surface area is 172 Å². The van der Waals surface area contributed by atoms with Crippen molar-refractivity contribution in [3.05, 3.63) is 59.2 Å². The van der Waals surface area contributed by atoms with Gasteiger partial charge in [0.1, 0.15) is 0 Å². The highest BCUT2D eigenvalue weighted by atomic mass is 19.1. The molecule has 0 atom stereocenters. The summed E-state index contributed by atoms with van der Waals surface area (Å²) in [6, 6.07) is 9.11. The third kappa shape index (κ3) is 3.01. The first-order valence-corrected chi connectivity index (χ1v) is 10.2. The van der Waals surface area contributed by atoms with E-state index in [0.29, 0.717) is 0 Å². The summed E-state index contributed by atoms with van der Waals surface area (Å²) in [5.74, 6) is -0.507. The molecule has 6 nitrogen and oxygen atoms in total. The summed E-state index contributed by atoms with van der Waals surface area (Å²) in [5, 5.41) is 0.917. The lowest BCUT2D eigenvalue weighted by molar-refractivity contribution is 0.0585. The molecule has 154 valence electrons. The van der Waals surface area contributed by atoms with Gasteiger partial charge < -0.3 is 4.74 Å². The molecule has 0 saturated heterocycles. The Morgan fingerprint density at radius 3 is 2.50 bits per heavy atom.